The van der Waals surface area contributed by atoms with Crippen LogP contribution in [-0.2, 0) is 4.79 Å². The van der Waals surface area contributed by atoms with Crippen LogP contribution in [0.15, 0.2) is 57.7 Å². The van der Waals surface area contributed by atoms with Gasteiger partial charge in [-0.05, 0) is 19.1 Å². The zero-order chi connectivity index (χ0) is 19.6. The van der Waals surface area contributed by atoms with Crippen LogP contribution in [-0.4, -0.2) is 23.5 Å². The van der Waals surface area contributed by atoms with Crippen molar-refractivity contribution < 1.29 is 19.1 Å². The lowest BCUT2D eigenvalue weighted by Crippen LogP contribution is -2.31. The van der Waals surface area contributed by atoms with Crippen LogP contribution >= 0.6 is 0 Å². The lowest BCUT2D eigenvalue weighted by Gasteiger charge is -2.12. The Hall–Kier alpha value is -3.41. The van der Waals surface area contributed by atoms with Gasteiger partial charge in [-0.3, -0.25) is 14.4 Å². The fraction of sp³-hybridized carbons (Fsp3) is 0.190. The molecule has 0 aliphatic carbocycles. The topological polar surface area (TPSA) is 96.6 Å². The minimum absolute atomic E-state index is 0.0216. The fourth-order valence-electron chi connectivity index (χ4n) is 2.78. The number of carbonyl (C=O) groups excluding carboxylic acids is 1. The van der Waals surface area contributed by atoms with Crippen molar-refractivity contribution in [2.45, 2.75) is 13.8 Å². The van der Waals surface area contributed by atoms with Crippen LogP contribution in [0.5, 0.6) is 0 Å². The van der Waals surface area contributed by atoms with Crippen molar-refractivity contribution in [3.63, 3.8) is 0 Å². The van der Waals surface area contributed by atoms with Gasteiger partial charge in [0.15, 0.2) is 11.0 Å². The maximum Gasteiger partial charge on any atom is 0.308 e. The molecule has 1 aromatic heterocycles. The van der Waals surface area contributed by atoms with Crippen LogP contribution in [0, 0.1) is 12.8 Å². The van der Waals surface area contributed by atoms with E-state index >= 15 is 0 Å². The van der Waals surface area contributed by atoms with E-state index in [1.807, 2.05) is 30.3 Å². The van der Waals surface area contributed by atoms with E-state index in [2.05, 4.69) is 5.32 Å². The van der Waals surface area contributed by atoms with Crippen molar-refractivity contribution in [2.24, 2.45) is 5.92 Å². The first-order valence-electron chi connectivity index (χ1n) is 8.53. The third kappa shape index (κ3) is 3.60. The highest BCUT2D eigenvalue weighted by atomic mass is 16.4. The van der Waals surface area contributed by atoms with Gasteiger partial charge in [-0.2, -0.15) is 0 Å². The van der Waals surface area contributed by atoms with Gasteiger partial charge in [-0.15, -0.1) is 0 Å². The van der Waals surface area contributed by atoms with Crippen molar-refractivity contribution in [2.75, 3.05) is 6.54 Å². The first kappa shape index (κ1) is 18.4. The monoisotopic (exact) mass is 365 g/mol. The van der Waals surface area contributed by atoms with Crippen molar-refractivity contribution >= 4 is 22.8 Å². The second kappa shape index (κ2) is 7.45. The summed E-state index contributed by atoms with van der Waals surface area (Å²) in [6.45, 7) is 3.17. The van der Waals surface area contributed by atoms with Crippen LogP contribution in [0.4, 0.5) is 0 Å². The van der Waals surface area contributed by atoms with Gasteiger partial charge in [0, 0.05) is 17.7 Å². The number of carbonyl (C=O) groups is 2. The van der Waals surface area contributed by atoms with Gasteiger partial charge in [0.05, 0.1) is 16.9 Å². The molecule has 2 aromatic carbocycles. The highest BCUT2D eigenvalue weighted by Crippen LogP contribution is 2.27. The SMILES string of the molecule is Cc1c(-c2ccccc2)oc2c(C(=O)NCC(C)C(=O)O)cccc2c1=O. The Morgan fingerprint density at radius 3 is 2.48 bits per heavy atom. The molecule has 6 nitrogen and oxygen atoms in total. The molecule has 6 heteroatoms. The molecule has 138 valence electrons. The maximum absolute atomic E-state index is 12.8. The summed E-state index contributed by atoms with van der Waals surface area (Å²) in [4.78, 5) is 36.3. The first-order chi connectivity index (χ1) is 12.9. The van der Waals surface area contributed by atoms with Crippen molar-refractivity contribution in [3.05, 3.63) is 69.9 Å². The molecule has 0 saturated heterocycles. The molecule has 1 heterocycles. The quantitative estimate of drug-likeness (QED) is 0.724. The Bertz CT molecular complexity index is 1070. The van der Waals surface area contributed by atoms with Crippen molar-refractivity contribution in [3.8, 4) is 11.3 Å². The summed E-state index contributed by atoms with van der Waals surface area (Å²) in [6.07, 6.45) is 0. The molecule has 0 spiro atoms. The van der Waals surface area contributed by atoms with E-state index in [4.69, 9.17) is 9.52 Å². The first-order valence-corrected chi connectivity index (χ1v) is 8.53. The minimum atomic E-state index is -0.998. The predicted octanol–water partition coefficient (Wildman–Crippen LogP) is 3.22. The fourth-order valence-corrected chi connectivity index (χ4v) is 2.78. The molecule has 1 atom stereocenters. The Balaban J connectivity index is 2.10. The maximum atomic E-state index is 12.8. The van der Waals surface area contributed by atoms with Gasteiger partial charge in [0.2, 0.25) is 0 Å². The number of carboxylic acid groups (broad SMARTS) is 1. The highest BCUT2D eigenvalue weighted by molar-refractivity contribution is 6.05. The molecule has 1 amide bonds. The summed E-state index contributed by atoms with van der Waals surface area (Å²) in [5.41, 5.74) is 1.38. The molecular formula is C21H19NO5. The zero-order valence-electron chi connectivity index (χ0n) is 15.0. The molecular weight excluding hydrogens is 346 g/mol. The van der Waals surface area contributed by atoms with Gasteiger partial charge in [-0.1, -0.05) is 43.3 Å². The van der Waals surface area contributed by atoms with Gasteiger partial charge in [0.25, 0.3) is 5.91 Å². The van der Waals surface area contributed by atoms with Crippen LogP contribution in [0.2, 0.25) is 0 Å². The lowest BCUT2D eigenvalue weighted by molar-refractivity contribution is -0.140. The highest BCUT2D eigenvalue weighted by Gasteiger charge is 2.19. The number of aliphatic carboxylic acids is 1. The summed E-state index contributed by atoms with van der Waals surface area (Å²) in [6, 6.07) is 14.0. The number of amides is 1. The number of nitrogens with one attached hydrogen (secondary N) is 1. The minimum Gasteiger partial charge on any atom is -0.481 e. The standard InChI is InChI=1S/C21H19NO5/c1-12(21(25)26)11-22-20(24)16-10-6-9-15-17(23)13(2)18(27-19(15)16)14-7-4-3-5-8-14/h3-10,12H,11H2,1-2H3,(H,22,24)(H,25,26). The Kier molecular flexibility index (Phi) is 5.07. The smallest absolute Gasteiger partial charge is 0.308 e. The molecule has 0 aliphatic heterocycles. The van der Waals surface area contributed by atoms with Crippen LogP contribution in [0.3, 0.4) is 0 Å². The van der Waals surface area contributed by atoms with Crippen LogP contribution < -0.4 is 10.7 Å². The van der Waals surface area contributed by atoms with Crippen molar-refractivity contribution in [1.82, 2.24) is 5.32 Å². The number of rotatable bonds is 5. The Morgan fingerprint density at radius 1 is 1.11 bits per heavy atom. The van der Waals surface area contributed by atoms with Gasteiger partial charge in [-0.25, -0.2) is 0 Å². The average molecular weight is 365 g/mol. The van der Waals surface area contributed by atoms with Gasteiger partial charge >= 0.3 is 5.97 Å². The molecule has 3 rings (SSSR count). The summed E-state index contributed by atoms with van der Waals surface area (Å²) in [7, 11) is 0. The molecule has 1 unspecified atom stereocenters. The third-order valence-electron chi connectivity index (χ3n) is 4.42. The molecule has 0 radical (unpaired) electrons. The van der Waals surface area contributed by atoms with Gasteiger partial charge in [0.1, 0.15) is 5.76 Å². The second-order valence-corrected chi connectivity index (χ2v) is 6.38. The largest absolute Gasteiger partial charge is 0.481 e. The summed E-state index contributed by atoms with van der Waals surface area (Å²) >= 11 is 0. The number of benzene rings is 2. The summed E-state index contributed by atoms with van der Waals surface area (Å²) in [5, 5.41) is 11.9. The molecule has 0 fully saturated rings. The third-order valence-corrected chi connectivity index (χ3v) is 4.42. The molecule has 0 bridgehead atoms. The van der Waals surface area contributed by atoms with E-state index in [0.717, 1.165) is 5.56 Å². The van der Waals surface area contributed by atoms with E-state index in [1.165, 1.54) is 6.92 Å². The van der Waals surface area contributed by atoms with E-state index in [1.54, 1.807) is 25.1 Å². The molecule has 0 aliphatic rings. The number of fused-ring (bicyclic) bond motifs is 1. The molecule has 3 aromatic rings. The molecule has 27 heavy (non-hydrogen) atoms. The Morgan fingerprint density at radius 2 is 1.81 bits per heavy atom. The lowest BCUT2D eigenvalue weighted by atomic mass is 10.0. The van der Waals surface area contributed by atoms with Crippen LogP contribution in [0.1, 0.15) is 22.8 Å². The van der Waals surface area contributed by atoms with Crippen LogP contribution in [0.25, 0.3) is 22.3 Å². The molecule has 0 saturated carbocycles. The Labute approximate surface area is 155 Å². The number of hydrogen-bond acceptors (Lipinski definition) is 4. The average Bonchev–Trinajstić information content (AvgIpc) is 2.68. The second-order valence-electron chi connectivity index (χ2n) is 6.38. The van der Waals surface area contributed by atoms with E-state index < -0.39 is 17.8 Å². The number of carboxylic acids is 1. The summed E-state index contributed by atoms with van der Waals surface area (Å²) < 4.78 is 5.99. The zero-order valence-corrected chi connectivity index (χ0v) is 15.0. The molecule has 2 N–H and O–H groups in total. The predicted molar refractivity (Wildman–Crippen MR) is 102 cm³/mol. The normalized spacial score (nSPS) is 11.9. The van der Waals surface area contributed by atoms with Crippen molar-refractivity contribution in [1.29, 1.82) is 0 Å². The number of para-hydroxylation sites is 1. The summed E-state index contributed by atoms with van der Waals surface area (Å²) in [5.74, 6) is -1.80. The van der Waals surface area contributed by atoms with E-state index in [0.29, 0.717) is 16.7 Å². The van der Waals surface area contributed by atoms with E-state index in [-0.39, 0.29) is 23.1 Å². The van der Waals surface area contributed by atoms with E-state index in [9.17, 15) is 14.4 Å². The van der Waals surface area contributed by atoms with Gasteiger partial charge < -0.3 is 14.8 Å². The number of hydrogen-bond donors (Lipinski definition) is 2.